The second kappa shape index (κ2) is 8.80. The zero-order valence-corrected chi connectivity index (χ0v) is 18.0. The first kappa shape index (κ1) is 21.5. The molecule has 1 fully saturated rings. The molecule has 1 aliphatic rings. The number of pyridine rings is 1. The van der Waals surface area contributed by atoms with Crippen molar-refractivity contribution in [3.8, 4) is 5.75 Å². The van der Waals surface area contributed by atoms with E-state index in [0.717, 1.165) is 11.9 Å². The molecule has 0 radical (unpaired) electrons. The molecule has 7 nitrogen and oxygen atoms in total. The molecule has 32 heavy (non-hydrogen) atoms. The largest absolute Gasteiger partial charge is 0.507 e. The van der Waals surface area contributed by atoms with E-state index in [4.69, 9.17) is 0 Å². The number of benzene rings is 2. The first-order chi connectivity index (χ1) is 15.4. The summed E-state index contributed by atoms with van der Waals surface area (Å²) < 4.78 is 0. The van der Waals surface area contributed by atoms with Crippen molar-refractivity contribution in [2.75, 3.05) is 27.2 Å². The Labute approximate surface area is 186 Å². The van der Waals surface area contributed by atoms with Crippen LogP contribution in [0.1, 0.15) is 23.6 Å². The lowest BCUT2D eigenvalue weighted by Crippen LogP contribution is -2.32. The Morgan fingerprint density at radius 3 is 2.59 bits per heavy atom. The molecule has 0 aliphatic carbocycles. The summed E-state index contributed by atoms with van der Waals surface area (Å²) in [6.07, 6.45) is 3.86. The molecule has 0 saturated carbocycles. The number of aromatic nitrogens is 1. The molecule has 2 N–H and O–H groups in total. The van der Waals surface area contributed by atoms with Crippen molar-refractivity contribution < 1.29 is 19.8 Å². The van der Waals surface area contributed by atoms with Gasteiger partial charge in [-0.2, -0.15) is 0 Å². The molecule has 1 saturated heterocycles. The van der Waals surface area contributed by atoms with Crippen LogP contribution in [-0.4, -0.2) is 63.9 Å². The predicted molar refractivity (Wildman–Crippen MR) is 122 cm³/mol. The minimum Gasteiger partial charge on any atom is -0.507 e. The van der Waals surface area contributed by atoms with E-state index in [-0.39, 0.29) is 16.9 Å². The van der Waals surface area contributed by atoms with E-state index >= 15 is 0 Å². The maximum Gasteiger partial charge on any atom is 0.295 e. The van der Waals surface area contributed by atoms with Crippen LogP contribution in [0.5, 0.6) is 5.75 Å². The summed E-state index contributed by atoms with van der Waals surface area (Å²) in [5, 5.41) is 23.4. The molecule has 1 atom stereocenters. The minimum absolute atomic E-state index is 0.0431. The van der Waals surface area contributed by atoms with Crippen LogP contribution in [0.15, 0.2) is 66.5 Å². The van der Waals surface area contributed by atoms with E-state index in [2.05, 4.69) is 4.98 Å². The van der Waals surface area contributed by atoms with Crippen molar-refractivity contribution in [1.82, 2.24) is 14.8 Å². The number of likely N-dealkylation sites (tertiary alicyclic amines) is 1. The molecule has 0 unspecified atom stereocenters. The number of amides is 1. The van der Waals surface area contributed by atoms with Crippen LogP contribution >= 0.6 is 0 Å². The molecule has 0 spiro atoms. The lowest BCUT2D eigenvalue weighted by molar-refractivity contribution is -0.139. The normalized spacial score (nSPS) is 18.1. The smallest absolute Gasteiger partial charge is 0.295 e. The van der Waals surface area contributed by atoms with Gasteiger partial charge in [0, 0.05) is 24.3 Å². The van der Waals surface area contributed by atoms with Crippen LogP contribution in [0.4, 0.5) is 0 Å². The molecular formula is C25H25N3O4. The van der Waals surface area contributed by atoms with Gasteiger partial charge < -0.3 is 20.0 Å². The highest BCUT2D eigenvalue weighted by molar-refractivity contribution is 6.46. The van der Waals surface area contributed by atoms with Crippen LogP contribution in [0.3, 0.4) is 0 Å². The van der Waals surface area contributed by atoms with E-state index in [1.165, 1.54) is 4.90 Å². The maximum atomic E-state index is 13.1. The van der Waals surface area contributed by atoms with Gasteiger partial charge in [-0.05, 0) is 50.1 Å². The lowest BCUT2D eigenvalue weighted by atomic mass is 9.94. The zero-order valence-electron chi connectivity index (χ0n) is 18.0. The Kier molecular flexibility index (Phi) is 5.92. The van der Waals surface area contributed by atoms with Gasteiger partial charge in [0.1, 0.15) is 11.5 Å². The predicted octanol–water partition coefficient (Wildman–Crippen LogP) is 3.31. The van der Waals surface area contributed by atoms with E-state index in [9.17, 15) is 19.8 Å². The molecule has 7 heteroatoms. The van der Waals surface area contributed by atoms with Crippen LogP contribution < -0.4 is 0 Å². The number of carbonyl (C=O) groups excluding carboxylic acids is 2. The number of Topliss-reactive ketones (excluding diaryl/α,β-unsaturated/α-hetero) is 1. The number of aliphatic hydroxyl groups excluding tert-OH is 1. The average molecular weight is 431 g/mol. The molecule has 1 aromatic heterocycles. The number of carbonyl (C=O) groups is 2. The number of ketones is 1. The summed E-state index contributed by atoms with van der Waals surface area (Å²) in [6, 6.07) is 13.3. The molecule has 2 heterocycles. The third-order valence-electron chi connectivity index (χ3n) is 5.70. The number of aliphatic hydroxyl groups is 1. The van der Waals surface area contributed by atoms with Gasteiger partial charge in [0.05, 0.1) is 17.2 Å². The van der Waals surface area contributed by atoms with E-state index in [1.54, 1.807) is 48.8 Å². The molecular weight excluding hydrogens is 406 g/mol. The first-order valence-corrected chi connectivity index (χ1v) is 10.4. The van der Waals surface area contributed by atoms with Gasteiger partial charge >= 0.3 is 0 Å². The number of nitrogens with zero attached hydrogens (tertiary/aromatic N) is 3. The van der Waals surface area contributed by atoms with Gasteiger partial charge in [-0.1, -0.05) is 36.4 Å². The summed E-state index contributed by atoms with van der Waals surface area (Å²) in [5.74, 6) is -1.96. The van der Waals surface area contributed by atoms with Crippen LogP contribution in [-0.2, 0) is 9.59 Å². The highest BCUT2D eigenvalue weighted by Gasteiger charge is 2.46. The van der Waals surface area contributed by atoms with Gasteiger partial charge in [0.15, 0.2) is 0 Å². The standard InChI is InChI=1S/C25H25N3O4/c1-27(2)13-6-14-28-21(17-8-5-12-26-15-17)20(24(31)25(28)32)23(30)19-11-10-16-7-3-4-9-18(16)22(19)29/h3-5,7-12,15,21,29-30H,6,13-14H2,1-2H3/t21-/m0/s1. The lowest BCUT2D eigenvalue weighted by Gasteiger charge is -2.25. The fourth-order valence-electron chi connectivity index (χ4n) is 4.14. The van der Waals surface area contributed by atoms with E-state index < -0.39 is 23.5 Å². The van der Waals surface area contributed by atoms with Gasteiger partial charge in [0.2, 0.25) is 0 Å². The number of aromatic hydroxyl groups is 1. The third kappa shape index (κ3) is 3.83. The molecule has 1 amide bonds. The summed E-state index contributed by atoms with van der Waals surface area (Å²) in [5.41, 5.74) is 0.695. The molecule has 4 rings (SSSR count). The fourth-order valence-corrected chi connectivity index (χ4v) is 4.14. The van der Waals surface area contributed by atoms with Crippen LogP contribution in [0.2, 0.25) is 0 Å². The highest BCUT2D eigenvalue weighted by Crippen LogP contribution is 2.41. The van der Waals surface area contributed by atoms with Gasteiger partial charge in [-0.15, -0.1) is 0 Å². The number of phenols is 1. The number of hydrogen-bond donors (Lipinski definition) is 2. The minimum atomic E-state index is -0.781. The Morgan fingerprint density at radius 2 is 1.88 bits per heavy atom. The third-order valence-corrected chi connectivity index (χ3v) is 5.70. The second-order valence-corrected chi connectivity index (χ2v) is 8.12. The molecule has 2 aromatic carbocycles. The van der Waals surface area contributed by atoms with Gasteiger partial charge in [-0.25, -0.2) is 0 Å². The Balaban J connectivity index is 1.85. The van der Waals surface area contributed by atoms with Crippen LogP contribution in [0.25, 0.3) is 16.5 Å². The highest BCUT2D eigenvalue weighted by atomic mass is 16.3. The topological polar surface area (TPSA) is 94.0 Å². The Morgan fingerprint density at radius 1 is 1.09 bits per heavy atom. The molecule has 1 aliphatic heterocycles. The van der Waals surface area contributed by atoms with Crippen molar-refractivity contribution in [1.29, 1.82) is 0 Å². The fraction of sp³-hybridized carbons (Fsp3) is 0.240. The summed E-state index contributed by atoms with van der Waals surface area (Å²) >= 11 is 0. The van der Waals surface area contributed by atoms with Crippen molar-refractivity contribution in [3.05, 3.63) is 77.6 Å². The second-order valence-electron chi connectivity index (χ2n) is 8.12. The van der Waals surface area contributed by atoms with E-state index in [1.807, 2.05) is 31.1 Å². The summed E-state index contributed by atoms with van der Waals surface area (Å²) in [7, 11) is 3.88. The Bertz CT molecular complexity index is 1200. The number of phenolic OH excluding ortho intramolecular Hbond substituents is 1. The Hall–Kier alpha value is -3.71. The van der Waals surface area contributed by atoms with Gasteiger partial charge in [-0.3, -0.25) is 14.6 Å². The first-order valence-electron chi connectivity index (χ1n) is 10.4. The molecule has 3 aromatic rings. The zero-order chi connectivity index (χ0) is 22.8. The van der Waals surface area contributed by atoms with Crippen molar-refractivity contribution in [2.24, 2.45) is 0 Å². The summed E-state index contributed by atoms with van der Waals surface area (Å²) in [6.45, 7) is 1.09. The average Bonchev–Trinajstić information content (AvgIpc) is 3.04. The van der Waals surface area contributed by atoms with Crippen molar-refractivity contribution >= 4 is 28.2 Å². The number of fused-ring (bicyclic) bond motifs is 1. The quantitative estimate of drug-likeness (QED) is 0.353. The van der Waals surface area contributed by atoms with Crippen molar-refractivity contribution in [3.63, 3.8) is 0 Å². The molecule has 0 bridgehead atoms. The number of hydrogen-bond acceptors (Lipinski definition) is 6. The van der Waals surface area contributed by atoms with Crippen molar-refractivity contribution in [2.45, 2.75) is 12.5 Å². The van der Waals surface area contributed by atoms with E-state index in [0.29, 0.717) is 23.9 Å². The monoisotopic (exact) mass is 431 g/mol. The molecule has 164 valence electrons. The maximum absolute atomic E-state index is 13.1. The van der Waals surface area contributed by atoms with Crippen LogP contribution in [0, 0.1) is 0 Å². The van der Waals surface area contributed by atoms with Gasteiger partial charge in [0.25, 0.3) is 11.7 Å². The summed E-state index contributed by atoms with van der Waals surface area (Å²) in [4.78, 5) is 33.6. The SMILES string of the molecule is CN(C)CCCN1C(=O)C(=O)C(=C(O)c2ccc3ccccc3c2O)[C@@H]1c1cccnc1. The number of rotatable bonds is 6.